The van der Waals surface area contributed by atoms with Crippen molar-refractivity contribution in [3.05, 3.63) is 48.2 Å². The smallest absolute Gasteiger partial charge is 0.422 e. The van der Waals surface area contributed by atoms with Gasteiger partial charge in [-0.3, -0.25) is 14.8 Å². The molecule has 5 aliphatic rings. The molecule has 280 valence electrons. The van der Waals surface area contributed by atoms with E-state index in [0.29, 0.717) is 67.5 Å². The molecule has 1 atom stereocenters. The molecular formula is C39H45F3N8O3. The van der Waals surface area contributed by atoms with Crippen molar-refractivity contribution < 1.29 is 27.8 Å². The van der Waals surface area contributed by atoms with Gasteiger partial charge in [-0.25, -0.2) is 4.98 Å². The van der Waals surface area contributed by atoms with Crippen molar-refractivity contribution in [3.8, 4) is 16.9 Å². The summed E-state index contributed by atoms with van der Waals surface area (Å²) in [6.45, 7) is 9.33. The van der Waals surface area contributed by atoms with Gasteiger partial charge in [-0.05, 0) is 92.8 Å². The molecule has 14 heteroatoms. The van der Waals surface area contributed by atoms with E-state index in [1.54, 1.807) is 6.20 Å². The van der Waals surface area contributed by atoms with Gasteiger partial charge in [0.05, 0.1) is 18.3 Å². The Morgan fingerprint density at radius 1 is 1.08 bits per heavy atom. The van der Waals surface area contributed by atoms with Crippen LogP contribution in [0.3, 0.4) is 0 Å². The summed E-state index contributed by atoms with van der Waals surface area (Å²) in [5.41, 5.74) is 4.51. The van der Waals surface area contributed by atoms with Crippen molar-refractivity contribution in [1.29, 1.82) is 0 Å². The number of fused-ring (bicyclic) bond motifs is 2. The van der Waals surface area contributed by atoms with E-state index in [4.69, 9.17) is 14.7 Å². The van der Waals surface area contributed by atoms with E-state index in [0.717, 1.165) is 72.7 Å². The second-order valence-corrected chi connectivity index (χ2v) is 15.8. The Labute approximate surface area is 305 Å². The first-order chi connectivity index (χ1) is 25.5. The lowest BCUT2D eigenvalue weighted by atomic mass is 9.72. The molecule has 2 N–H and O–H groups in total. The van der Waals surface area contributed by atoms with Crippen LogP contribution >= 0.6 is 0 Å². The first-order valence-electron chi connectivity index (χ1n) is 18.8. The molecule has 2 aromatic carbocycles. The number of alkyl halides is 3. The standard InChI is InChI=1S/C39H45F3N8O3/c1-3-31(52)49-20-38(21-49)10-13-47(14-11-38)36-28-15-27(24-7-8-24)33(32-23(2)6-9-30-29(32)16-43-46-30)35(53-22-39(40,41)42)34(28)44-37(45-36)48-17-26(18-48)50-12-4-5-25(50)19-51/h3,6,9,15-16,24-26,51H,1,4-5,7-8,10-14,17-22H2,2H3,(H,43,46)/t25-/m0/s1. The van der Waals surface area contributed by atoms with Gasteiger partial charge in [0.1, 0.15) is 11.3 Å². The van der Waals surface area contributed by atoms with Crippen LogP contribution in [-0.2, 0) is 4.79 Å². The molecule has 4 aromatic rings. The van der Waals surface area contributed by atoms with Crippen LogP contribution < -0.4 is 14.5 Å². The number of rotatable bonds is 9. The van der Waals surface area contributed by atoms with Crippen molar-refractivity contribution in [1.82, 2.24) is 30.0 Å². The van der Waals surface area contributed by atoms with Gasteiger partial charge in [0.15, 0.2) is 12.4 Å². The molecule has 2 aromatic heterocycles. The number of aliphatic hydroxyl groups excluding tert-OH is 1. The van der Waals surface area contributed by atoms with Gasteiger partial charge in [0, 0.05) is 73.1 Å². The largest absolute Gasteiger partial charge is 0.481 e. The number of hydrogen-bond acceptors (Lipinski definition) is 9. The fraction of sp³-hybridized carbons (Fsp3) is 0.538. The van der Waals surface area contributed by atoms with Crippen LogP contribution in [-0.4, -0.2) is 118 Å². The summed E-state index contributed by atoms with van der Waals surface area (Å²) in [4.78, 5) is 31.1. The second-order valence-electron chi connectivity index (χ2n) is 15.8. The lowest BCUT2D eigenvalue weighted by Crippen LogP contribution is -2.62. The minimum atomic E-state index is -4.57. The number of benzene rings is 2. The summed E-state index contributed by atoms with van der Waals surface area (Å²) in [6.07, 6.45) is 4.13. The molecule has 9 rings (SSSR count). The molecular weight excluding hydrogens is 685 g/mol. The molecule has 6 heterocycles. The van der Waals surface area contributed by atoms with Crippen molar-refractivity contribution in [2.24, 2.45) is 5.41 Å². The summed E-state index contributed by atoms with van der Waals surface area (Å²) in [5.74, 6) is 1.43. The zero-order valence-electron chi connectivity index (χ0n) is 30.0. The predicted molar refractivity (Wildman–Crippen MR) is 196 cm³/mol. The first-order valence-corrected chi connectivity index (χ1v) is 18.8. The molecule has 4 saturated heterocycles. The molecule has 1 amide bonds. The van der Waals surface area contributed by atoms with Gasteiger partial charge in [-0.2, -0.15) is 23.3 Å². The number of hydrogen-bond donors (Lipinski definition) is 2. The van der Waals surface area contributed by atoms with Crippen LogP contribution in [0.1, 0.15) is 55.6 Å². The molecule has 0 bridgehead atoms. The fourth-order valence-corrected chi connectivity index (χ4v) is 9.26. The number of carbonyl (C=O) groups excluding carboxylic acids is 1. The molecule has 1 aliphatic carbocycles. The highest BCUT2D eigenvalue weighted by molar-refractivity contribution is 6.06. The second kappa shape index (κ2) is 12.9. The summed E-state index contributed by atoms with van der Waals surface area (Å²) < 4.78 is 48.2. The lowest BCUT2D eigenvalue weighted by Gasteiger charge is -2.54. The monoisotopic (exact) mass is 730 g/mol. The SMILES string of the molecule is C=CC(=O)N1CC2(CCN(c3nc(N4CC(N5CCC[C@H]5CO)C4)nc4c(OCC(F)(F)F)c(-c5c(C)ccc6[nH]ncc56)c(C5CC5)cc34)CC2)C1. The van der Waals surface area contributed by atoms with E-state index in [2.05, 4.69) is 37.5 Å². The third-order valence-corrected chi connectivity index (χ3v) is 12.3. The third kappa shape index (κ3) is 6.07. The number of piperidine rings is 1. The van der Waals surface area contributed by atoms with Crippen LogP contribution in [0.15, 0.2) is 37.1 Å². The highest BCUT2D eigenvalue weighted by Gasteiger charge is 2.47. The summed E-state index contributed by atoms with van der Waals surface area (Å²) in [7, 11) is 0. The van der Waals surface area contributed by atoms with Crippen molar-refractivity contribution >= 4 is 39.5 Å². The number of ether oxygens (including phenoxy) is 1. The van der Waals surface area contributed by atoms with E-state index < -0.39 is 12.8 Å². The Morgan fingerprint density at radius 3 is 2.55 bits per heavy atom. The molecule has 0 radical (unpaired) electrons. The first kappa shape index (κ1) is 34.3. The average Bonchev–Trinajstić information content (AvgIpc) is 3.66. The number of halogens is 3. The maximum absolute atomic E-state index is 14.1. The zero-order chi connectivity index (χ0) is 36.6. The molecule has 0 unspecified atom stereocenters. The highest BCUT2D eigenvalue weighted by Crippen LogP contribution is 2.53. The Balaban J connectivity index is 1.18. The Hall–Kier alpha value is -4.43. The van der Waals surface area contributed by atoms with Crippen LogP contribution in [0.4, 0.5) is 24.9 Å². The Kier molecular flexibility index (Phi) is 8.33. The van der Waals surface area contributed by atoms with Gasteiger partial charge in [-0.15, -0.1) is 0 Å². The van der Waals surface area contributed by atoms with Gasteiger partial charge in [0.25, 0.3) is 0 Å². The van der Waals surface area contributed by atoms with E-state index in [9.17, 15) is 23.1 Å². The van der Waals surface area contributed by atoms with E-state index in [1.807, 2.05) is 24.0 Å². The zero-order valence-corrected chi connectivity index (χ0v) is 30.0. The van der Waals surface area contributed by atoms with E-state index in [1.165, 1.54) is 6.08 Å². The van der Waals surface area contributed by atoms with E-state index in [-0.39, 0.29) is 41.7 Å². The number of aromatic nitrogens is 4. The minimum absolute atomic E-state index is 0.0403. The number of likely N-dealkylation sites (tertiary alicyclic amines) is 2. The van der Waals surface area contributed by atoms with Gasteiger partial charge in [-0.1, -0.05) is 12.6 Å². The number of anilines is 2. The van der Waals surface area contributed by atoms with Gasteiger partial charge >= 0.3 is 6.18 Å². The number of nitrogens with one attached hydrogen (secondary N) is 1. The van der Waals surface area contributed by atoms with Crippen molar-refractivity contribution in [2.75, 3.05) is 68.8 Å². The lowest BCUT2D eigenvalue weighted by molar-refractivity contribution is -0.153. The topological polar surface area (TPSA) is 114 Å². The normalized spacial score (nSPS) is 22.1. The summed E-state index contributed by atoms with van der Waals surface area (Å²) >= 11 is 0. The number of aliphatic hydroxyl groups is 1. The van der Waals surface area contributed by atoms with Crippen molar-refractivity contribution in [3.63, 3.8) is 0 Å². The van der Waals surface area contributed by atoms with Gasteiger partial charge < -0.3 is 24.5 Å². The van der Waals surface area contributed by atoms with Crippen LogP contribution in [0, 0.1) is 12.3 Å². The predicted octanol–water partition coefficient (Wildman–Crippen LogP) is 5.56. The molecule has 11 nitrogen and oxygen atoms in total. The Bertz CT molecular complexity index is 2080. The molecule has 1 spiro atoms. The molecule has 53 heavy (non-hydrogen) atoms. The number of carbonyl (C=O) groups is 1. The number of nitrogens with zero attached hydrogens (tertiary/aromatic N) is 7. The highest BCUT2D eigenvalue weighted by atomic mass is 19.4. The van der Waals surface area contributed by atoms with Gasteiger partial charge in [0.2, 0.25) is 11.9 Å². The van der Waals surface area contributed by atoms with Crippen LogP contribution in [0.5, 0.6) is 5.75 Å². The quantitative estimate of drug-likeness (QED) is 0.214. The third-order valence-electron chi connectivity index (χ3n) is 12.3. The molecule has 1 saturated carbocycles. The number of aryl methyl sites for hydroxylation is 1. The maximum atomic E-state index is 14.1. The minimum Gasteiger partial charge on any atom is -0.481 e. The van der Waals surface area contributed by atoms with Crippen LogP contribution in [0.25, 0.3) is 32.9 Å². The summed E-state index contributed by atoms with van der Waals surface area (Å²) in [6, 6.07) is 6.40. The van der Waals surface area contributed by atoms with Crippen LogP contribution in [0.2, 0.25) is 0 Å². The number of aromatic amines is 1. The van der Waals surface area contributed by atoms with Crippen molar-refractivity contribution in [2.45, 2.75) is 69.6 Å². The molecule has 4 aliphatic heterocycles. The maximum Gasteiger partial charge on any atom is 0.422 e. The molecule has 5 fully saturated rings. The summed E-state index contributed by atoms with van der Waals surface area (Å²) in [5, 5.41) is 18.8. The van der Waals surface area contributed by atoms with E-state index >= 15 is 0 Å². The number of amides is 1. The number of H-pyrrole nitrogens is 1. The Morgan fingerprint density at radius 2 is 1.85 bits per heavy atom. The average molecular weight is 731 g/mol. The fourth-order valence-electron chi connectivity index (χ4n) is 9.26.